The summed E-state index contributed by atoms with van der Waals surface area (Å²) in [6, 6.07) is 9.97. The first kappa shape index (κ1) is 18.4. The van der Waals surface area contributed by atoms with E-state index in [4.69, 9.17) is 0 Å². The molecule has 0 radical (unpaired) electrons. The Kier molecular flexibility index (Phi) is 4.99. The molecule has 28 heavy (non-hydrogen) atoms. The second kappa shape index (κ2) is 7.59. The molecule has 4 rings (SSSR count). The van der Waals surface area contributed by atoms with Crippen LogP contribution in [0.4, 0.5) is 5.82 Å². The van der Waals surface area contributed by atoms with Gasteiger partial charge in [-0.15, -0.1) is 0 Å². The van der Waals surface area contributed by atoms with E-state index in [1.807, 2.05) is 36.1 Å². The molecule has 0 unspecified atom stereocenters. The quantitative estimate of drug-likeness (QED) is 0.824. The number of nitrogens with zero attached hydrogens (tertiary/aromatic N) is 5. The van der Waals surface area contributed by atoms with Gasteiger partial charge in [0.15, 0.2) is 0 Å². The van der Waals surface area contributed by atoms with Gasteiger partial charge < -0.3 is 9.80 Å². The van der Waals surface area contributed by atoms with Gasteiger partial charge in [-0.05, 0) is 56.0 Å². The molecule has 144 valence electrons. The smallest absolute Gasteiger partial charge is 0.222 e. The van der Waals surface area contributed by atoms with E-state index in [0.29, 0.717) is 18.5 Å². The van der Waals surface area contributed by atoms with Gasteiger partial charge in [0.1, 0.15) is 11.9 Å². The first-order valence-electron chi connectivity index (χ1n) is 9.88. The molecular formula is C22H25N5O. The van der Waals surface area contributed by atoms with Crippen molar-refractivity contribution in [1.82, 2.24) is 14.9 Å². The monoisotopic (exact) mass is 375 g/mol. The molecule has 0 bridgehead atoms. The van der Waals surface area contributed by atoms with Crippen LogP contribution in [0.3, 0.4) is 0 Å². The van der Waals surface area contributed by atoms with E-state index in [1.54, 1.807) is 12.4 Å². The molecule has 0 N–H and O–H groups in total. The maximum atomic E-state index is 12.6. The summed E-state index contributed by atoms with van der Waals surface area (Å²) in [5.74, 6) is 1.02. The Morgan fingerprint density at radius 1 is 1.18 bits per heavy atom. The van der Waals surface area contributed by atoms with Crippen molar-refractivity contribution in [3.8, 4) is 6.07 Å². The summed E-state index contributed by atoms with van der Waals surface area (Å²) in [7, 11) is 0. The summed E-state index contributed by atoms with van der Waals surface area (Å²) < 4.78 is 0. The highest BCUT2D eigenvalue weighted by Crippen LogP contribution is 2.40. The first-order chi connectivity index (χ1) is 13.6. The Balaban J connectivity index is 1.55. The highest BCUT2D eigenvalue weighted by molar-refractivity contribution is 5.77. The predicted octanol–water partition coefficient (Wildman–Crippen LogP) is 3.07. The van der Waals surface area contributed by atoms with Gasteiger partial charge in [-0.25, -0.2) is 4.98 Å². The molecule has 1 amide bonds. The van der Waals surface area contributed by atoms with E-state index in [-0.39, 0.29) is 11.3 Å². The van der Waals surface area contributed by atoms with Crippen molar-refractivity contribution in [1.29, 1.82) is 5.26 Å². The number of rotatable bonds is 3. The van der Waals surface area contributed by atoms with Crippen molar-refractivity contribution >= 4 is 11.7 Å². The normalized spacial score (nSPS) is 22.4. The Bertz CT molecular complexity index is 907. The van der Waals surface area contributed by atoms with Crippen molar-refractivity contribution in [2.75, 3.05) is 24.5 Å². The fourth-order valence-corrected chi connectivity index (χ4v) is 4.55. The molecule has 2 fully saturated rings. The summed E-state index contributed by atoms with van der Waals surface area (Å²) in [6.07, 6.45) is 7.20. The minimum absolute atomic E-state index is 0.0668. The molecule has 2 aromatic heterocycles. The predicted molar refractivity (Wildman–Crippen MR) is 106 cm³/mol. The largest absolute Gasteiger partial charge is 0.355 e. The number of anilines is 1. The summed E-state index contributed by atoms with van der Waals surface area (Å²) >= 11 is 0. The molecule has 6 nitrogen and oxygen atoms in total. The van der Waals surface area contributed by atoms with Crippen LogP contribution in [0, 0.1) is 23.7 Å². The molecule has 2 saturated heterocycles. The molecular weight excluding hydrogens is 350 g/mol. The molecule has 1 atom stereocenters. The molecule has 2 aliphatic rings. The fraction of sp³-hybridized carbons (Fsp3) is 0.455. The first-order valence-corrected chi connectivity index (χ1v) is 9.88. The zero-order valence-electron chi connectivity index (χ0n) is 16.3. The fourth-order valence-electron chi connectivity index (χ4n) is 4.55. The number of likely N-dealkylation sites (tertiary alicyclic amines) is 1. The molecule has 0 aliphatic carbocycles. The van der Waals surface area contributed by atoms with Gasteiger partial charge in [-0.1, -0.05) is 0 Å². The molecule has 0 saturated carbocycles. The standard InChI is InChI=1S/C22H25N5O/c1-17-3-4-19(13-23)21(25-17)26-12-2-8-22(15-26)9-5-20(28)27(16-22)14-18-6-10-24-11-7-18/h3-4,6-7,10-11H,2,5,8-9,12,14-16H2,1H3/t22-/m0/s1. The number of amides is 1. The topological polar surface area (TPSA) is 73.1 Å². The lowest BCUT2D eigenvalue weighted by molar-refractivity contribution is -0.138. The van der Waals surface area contributed by atoms with Crippen LogP contribution >= 0.6 is 0 Å². The van der Waals surface area contributed by atoms with E-state index < -0.39 is 0 Å². The van der Waals surface area contributed by atoms with E-state index in [9.17, 15) is 10.1 Å². The number of aryl methyl sites for hydroxylation is 1. The SMILES string of the molecule is Cc1ccc(C#N)c(N2CCC[C@]3(CCC(=O)N(Cc4ccncc4)C3)C2)n1. The van der Waals surface area contributed by atoms with Gasteiger partial charge in [0.25, 0.3) is 0 Å². The Morgan fingerprint density at radius 3 is 2.79 bits per heavy atom. The zero-order chi connectivity index (χ0) is 19.6. The lowest BCUT2D eigenvalue weighted by Gasteiger charge is -2.48. The van der Waals surface area contributed by atoms with E-state index >= 15 is 0 Å². The van der Waals surface area contributed by atoms with E-state index in [0.717, 1.165) is 56.0 Å². The number of piperidine rings is 2. The molecule has 2 aromatic rings. The molecule has 6 heteroatoms. The van der Waals surface area contributed by atoms with Crippen LogP contribution in [0.15, 0.2) is 36.7 Å². The van der Waals surface area contributed by atoms with Crippen LogP contribution in [0.2, 0.25) is 0 Å². The number of hydrogen-bond donors (Lipinski definition) is 0. The lowest BCUT2D eigenvalue weighted by atomic mass is 9.73. The molecule has 4 heterocycles. The molecule has 0 aromatic carbocycles. The third kappa shape index (κ3) is 3.70. The van der Waals surface area contributed by atoms with Gasteiger partial charge in [0.05, 0.1) is 5.56 Å². The Hall–Kier alpha value is -2.94. The van der Waals surface area contributed by atoms with Crippen LogP contribution in [0.5, 0.6) is 0 Å². The van der Waals surface area contributed by atoms with Crippen LogP contribution in [-0.4, -0.2) is 40.4 Å². The Morgan fingerprint density at radius 2 is 2.00 bits per heavy atom. The van der Waals surface area contributed by atoms with Gasteiger partial charge in [-0.3, -0.25) is 9.78 Å². The third-order valence-corrected chi connectivity index (χ3v) is 5.97. The second-order valence-electron chi connectivity index (χ2n) is 8.07. The van der Waals surface area contributed by atoms with Crippen molar-refractivity contribution < 1.29 is 4.79 Å². The van der Waals surface area contributed by atoms with Gasteiger partial charge in [0.2, 0.25) is 5.91 Å². The second-order valence-corrected chi connectivity index (χ2v) is 8.07. The zero-order valence-corrected chi connectivity index (χ0v) is 16.3. The minimum Gasteiger partial charge on any atom is -0.355 e. The van der Waals surface area contributed by atoms with Crippen molar-refractivity contribution in [3.63, 3.8) is 0 Å². The summed E-state index contributed by atoms with van der Waals surface area (Å²) in [4.78, 5) is 25.5. The van der Waals surface area contributed by atoms with Crippen LogP contribution < -0.4 is 4.90 Å². The van der Waals surface area contributed by atoms with Gasteiger partial charge in [-0.2, -0.15) is 5.26 Å². The average molecular weight is 375 g/mol. The van der Waals surface area contributed by atoms with Crippen molar-refractivity contribution in [2.45, 2.75) is 39.2 Å². The van der Waals surface area contributed by atoms with Gasteiger partial charge >= 0.3 is 0 Å². The van der Waals surface area contributed by atoms with Gasteiger partial charge in [0, 0.05) is 56.1 Å². The highest BCUT2D eigenvalue weighted by atomic mass is 16.2. The summed E-state index contributed by atoms with van der Waals surface area (Å²) in [5, 5.41) is 9.51. The number of nitriles is 1. The van der Waals surface area contributed by atoms with Crippen LogP contribution in [0.25, 0.3) is 0 Å². The van der Waals surface area contributed by atoms with E-state index in [1.165, 1.54) is 0 Å². The summed E-state index contributed by atoms with van der Waals surface area (Å²) in [5.41, 5.74) is 2.73. The molecule has 2 aliphatic heterocycles. The highest BCUT2D eigenvalue weighted by Gasteiger charge is 2.42. The van der Waals surface area contributed by atoms with Crippen molar-refractivity contribution in [2.24, 2.45) is 5.41 Å². The lowest BCUT2D eigenvalue weighted by Crippen LogP contribution is -2.54. The Labute approximate surface area is 165 Å². The van der Waals surface area contributed by atoms with Crippen LogP contribution in [-0.2, 0) is 11.3 Å². The maximum absolute atomic E-state index is 12.6. The molecule has 1 spiro atoms. The third-order valence-electron chi connectivity index (χ3n) is 5.97. The summed E-state index contributed by atoms with van der Waals surface area (Å²) in [6.45, 7) is 5.11. The average Bonchev–Trinajstić information content (AvgIpc) is 2.72. The van der Waals surface area contributed by atoms with E-state index in [2.05, 4.69) is 20.9 Å². The maximum Gasteiger partial charge on any atom is 0.222 e. The number of carbonyl (C=O) groups is 1. The number of carbonyl (C=O) groups excluding carboxylic acids is 1. The number of hydrogen-bond acceptors (Lipinski definition) is 5. The number of aromatic nitrogens is 2. The number of pyridine rings is 2. The van der Waals surface area contributed by atoms with Crippen LogP contribution in [0.1, 0.15) is 42.5 Å². The van der Waals surface area contributed by atoms with Crippen molar-refractivity contribution in [3.05, 3.63) is 53.5 Å². The minimum atomic E-state index is 0.0668.